The van der Waals surface area contributed by atoms with Crippen LogP contribution in [0.25, 0.3) is 0 Å². The molecular weight excluding hydrogens is 290 g/mol. The molecule has 0 unspecified atom stereocenters. The van der Waals surface area contributed by atoms with Gasteiger partial charge < -0.3 is 10.9 Å². The minimum absolute atomic E-state index is 0.0757. The molecule has 4 N–H and O–H groups in total. The van der Waals surface area contributed by atoms with Crippen LogP contribution < -0.4 is 11.4 Å². The molecule has 8 heteroatoms. The third-order valence-electron chi connectivity index (χ3n) is 2.96. The van der Waals surface area contributed by atoms with Gasteiger partial charge in [0.1, 0.15) is 0 Å². The molecule has 0 amide bonds. The van der Waals surface area contributed by atoms with Crippen LogP contribution in [0.4, 0.5) is 0 Å². The van der Waals surface area contributed by atoms with E-state index in [2.05, 4.69) is 15.4 Å². The number of hydrogen-bond donors (Lipinski definition) is 3. The number of nitrogens with two attached hydrogens (primary N) is 1. The van der Waals surface area contributed by atoms with Gasteiger partial charge in [0.15, 0.2) is 11.0 Å². The average molecular weight is 307 g/mol. The standard InChI is InChI=1S/C13H17N5O2S/c1-3-6-18-12(19)15-16-13(18)21-9-4-5-10(8(2)7-9)11(14)17-20/h4-5,7,20H,3,6H2,1-2H3,(H2,14,17)(H,15,19). The molecule has 0 atom stereocenters. The van der Waals surface area contributed by atoms with Crippen molar-refractivity contribution in [3.8, 4) is 0 Å². The number of hydrogen-bond acceptors (Lipinski definition) is 5. The van der Waals surface area contributed by atoms with Crippen molar-refractivity contribution in [3.05, 3.63) is 39.8 Å². The molecule has 0 fully saturated rings. The van der Waals surface area contributed by atoms with Crippen LogP contribution in [0.1, 0.15) is 24.5 Å². The second-order valence-electron chi connectivity index (χ2n) is 4.53. The van der Waals surface area contributed by atoms with E-state index in [1.807, 2.05) is 26.0 Å². The Hall–Kier alpha value is -2.22. The van der Waals surface area contributed by atoms with E-state index in [-0.39, 0.29) is 11.5 Å². The lowest BCUT2D eigenvalue weighted by molar-refractivity contribution is 0.318. The van der Waals surface area contributed by atoms with Gasteiger partial charge in [0.2, 0.25) is 0 Å². The summed E-state index contributed by atoms with van der Waals surface area (Å²) < 4.78 is 1.61. The highest BCUT2D eigenvalue weighted by molar-refractivity contribution is 7.99. The van der Waals surface area contributed by atoms with Crippen LogP contribution >= 0.6 is 11.8 Å². The normalized spacial score (nSPS) is 11.8. The summed E-state index contributed by atoms with van der Waals surface area (Å²) in [7, 11) is 0. The number of amidine groups is 1. The molecule has 0 spiro atoms. The third-order valence-corrected chi connectivity index (χ3v) is 3.95. The Kier molecular flexibility index (Phi) is 4.69. The molecule has 21 heavy (non-hydrogen) atoms. The third kappa shape index (κ3) is 3.27. The molecule has 0 bridgehead atoms. The topological polar surface area (TPSA) is 109 Å². The Labute approximate surface area is 125 Å². The van der Waals surface area contributed by atoms with Crippen molar-refractivity contribution in [1.29, 1.82) is 0 Å². The first-order valence-corrected chi connectivity index (χ1v) is 7.30. The van der Waals surface area contributed by atoms with Gasteiger partial charge in [-0.1, -0.05) is 12.1 Å². The van der Waals surface area contributed by atoms with Crippen LogP contribution in [0, 0.1) is 6.92 Å². The van der Waals surface area contributed by atoms with Gasteiger partial charge in [-0.3, -0.25) is 4.57 Å². The second kappa shape index (κ2) is 6.49. The first-order chi connectivity index (χ1) is 10.1. The van der Waals surface area contributed by atoms with Crippen molar-refractivity contribution in [2.75, 3.05) is 0 Å². The number of nitrogens with zero attached hydrogens (tertiary/aromatic N) is 3. The van der Waals surface area contributed by atoms with Gasteiger partial charge in [-0.25, -0.2) is 9.89 Å². The maximum Gasteiger partial charge on any atom is 0.343 e. The minimum atomic E-state index is -0.204. The van der Waals surface area contributed by atoms with Crippen LogP contribution in [0.5, 0.6) is 0 Å². The monoisotopic (exact) mass is 307 g/mol. The molecule has 0 saturated heterocycles. The van der Waals surface area contributed by atoms with E-state index < -0.39 is 0 Å². The molecule has 1 aromatic heterocycles. The lowest BCUT2D eigenvalue weighted by atomic mass is 10.1. The number of rotatable bonds is 5. The molecule has 112 valence electrons. The number of aryl methyl sites for hydroxylation is 1. The highest BCUT2D eigenvalue weighted by Crippen LogP contribution is 2.27. The van der Waals surface area contributed by atoms with Crippen molar-refractivity contribution in [2.45, 2.75) is 36.9 Å². The zero-order valence-corrected chi connectivity index (χ0v) is 12.6. The van der Waals surface area contributed by atoms with E-state index in [0.29, 0.717) is 17.3 Å². The number of nitrogens with one attached hydrogen (secondary N) is 1. The van der Waals surface area contributed by atoms with Crippen molar-refractivity contribution in [2.24, 2.45) is 10.9 Å². The van der Waals surface area contributed by atoms with Crippen molar-refractivity contribution >= 4 is 17.6 Å². The number of H-pyrrole nitrogens is 1. The van der Waals surface area contributed by atoms with Crippen molar-refractivity contribution in [3.63, 3.8) is 0 Å². The summed E-state index contributed by atoms with van der Waals surface area (Å²) in [6.45, 7) is 4.50. The fourth-order valence-electron chi connectivity index (χ4n) is 1.95. The number of aromatic nitrogens is 3. The Morgan fingerprint density at radius 3 is 2.95 bits per heavy atom. The summed E-state index contributed by atoms with van der Waals surface area (Å²) in [5.41, 5.74) is 6.95. The number of aromatic amines is 1. The van der Waals surface area contributed by atoms with Crippen LogP contribution in [-0.4, -0.2) is 25.8 Å². The van der Waals surface area contributed by atoms with E-state index in [0.717, 1.165) is 16.9 Å². The first-order valence-electron chi connectivity index (χ1n) is 6.48. The van der Waals surface area contributed by atoms with Gasteiger partial charge >= 0.3 is 5.69 Å². The highest BCUT2D eigenvalue weighted by Gasteiger charge is 2.11. The number of benzene rings is 1. The zero-order valence-electron chi connectivity index (χ0n) is 11.8. The molecule has 0 saturated carbocycles. The maximum atomic E-state index is 11.6. The molecule has 2 aromatic rings. The molecule has 0 aliphatic heterocycles. The predicted molar refractivity (Wildman–Crippen MR) is 81.0 cm³/mol. The molecule has 0 aliphatic carbocycles. The van der Waals surface area contributed by atoms with Gasteiger partial charge in [-0.2, -0.15) is 0 Å². The molecule has 1 aromatic carbocycles. The Morgan fingerprint density at radius 1 is 1.57 bits per heavy atom. The van der Waals surface area contributed by atoms with Gasteiger partial charge in [-0.15, -0.1) is 5.10 Å². The van der Waals surface area contributed by atoms with Crippen molar-refractivity contribution < 1.29 is 5.21 Å². The largest absolute Gasteiger partial charge is 0.409 e. The van der Waals surface area contributed by atoms with E-state index in [1.54, 1.807) is 10.6 Å². The molecule has 7 nitrogen and oxygen atoms in total. The van der Waals surface area contributed by atoms with Gasteiger partial charge in [-0.05, 0) is 48.9 Å². The Balaban J connectivity index is 2.29. The summed E-state index contributed by atoms with van der Waals surface area (Å²) in [6, 6.07) is 5.54. The smallest absolute Gasteiger partial charge is 0.343 e. The van der Waals surface area contributed by atoms with Gasteiger partial charge in [0.25, 0.3) is 0 Å². The Morgan fingerprint density at radius 2 is 2.33 bits per heavy atom. The Bertz CT molecular complexity index is 720. The van der Waals surface area contributed by atoms with Crippen molar-refractivity contribution in [1.82, 2.24) is 14.8 Å². The van der Waals surface area contributed by atoms with Crippen LogP contribution in [0.3, 0.4) is 0 Å². The van der Waals surface area contributed by atoms with E-state index in [1.165, 1.54) is 11.8 Å². The summed E-state index contributed by atoms with van der Waals surface area (Å²) in [5, 5.41) is 18.8. The predicted octanol–water partition coefficient (Wildman–Crippen LogP) is 1.54. The van der Waals surface area contributed by atoms with E-state index in [4.69, 9.17) is 10.9 Å². The molecule has 0 aliphatic rings. The first kappa shape index (κ1) is 15.2. The average Bonchev–Trinajstić information content (AvgIpc) is 2.80. The maximum absolute atomic E-state index is 11.6. The molecule has 1 heterocycles. The van der Waals surface area contributed by atoms with Crippen LogP contribution in [-0.2, 0) is 6.54 Å². The van der Waals surface area contributed by atoms with Crippen LogP contribution in [0.15, 0.2) is 38.2 Å². The summed E-state index contributed by atoms with van der Waals surface area (Å²) >= 11 is 1.39. The van der Waals surface area contributed by atoms with Gasteiger partial charge in [0.05, 0.1) is 0 Å². The molecular formula is C13H17N5O2S. The minimum Gasteiger partial charge on any atom is -0.409 e. The second-order valence-corrected chi connectivity index (χ2v) is 5.57. The van der Waals surface area contributed by atoms with E-state index in [9.17, 15) is 4.79 Å². The number of oxime groups is 1. The quantitative estimate of drug-likeness (QED) is 0.336. The van der Waals surface area contributed by atoms with E-state index >= 15 is 0 Å². The molecule has 0 radical (unpaired) electrons. The fourth-order valence-corrected chi connectivity index (χ4v) is 2.91. The lowest BCUT2D eigenvalue weighted by Crippen LogP contribution is -2.17. The summed E-state index contributed by atoms with van der Waals surface area (Å²) in [4.78, 5) is 12.6. The van der Waals surface area contributed by atoms with Gasteiger partial charge in [0, 0.05) is 17.0 Å². The fraction of sp³-hybridized carbons (Fsp3) is 0.308. The SMILES string of the molecule is CCCn1c(Sc2ccc(/C(N)=N/O)c(C)c2)n[nH]c1=O. The summed E-state index contributed by atoms with van der Waals surface area (Å²) in [5.74, 6) is 0.0757. The highest BCUT2D eigenvalue weighted by atomic mass is 32.2. The summed E-state index contributed by atoms with van der Waals surface area (Å²) in [6.07, 6.45) is 0.856. The lowest BCUT2D eigenvalue weighted by Gasteiger charge is -2.07. The van der Waals surface area contributed by atoms with Crippen LogP contribution in [0.2, 0.25) is 0 Å². The molecule has 2 rings (SSSR count). The zero-order chi connectivity index (χ0) is 15.4.